The number of nitrogens with one attached hydrogen (secondary N) is 1. The first kappa shape index (κ1) is 15.3. The van der Waals surface area contributed by atoms with E-state index in [1.807, 2.05) is 0 Å². The molecule has 1 heterocycles. The summed E-state index contributed by atoms with van der Waals surface area (Å²) in [5.41, 5.74) is 0. The number of hydrogen-bond donors (Lipinski definition) is 1. The van der Waals surface area contributed by atoms with Crippen molar-refractivity contribution in [2.24, 2.45) is 23.7 Å². The highest BCUT2D eigenvalue weighted by atomic mass is 32.2. The summed E-state index contributed by atoms with van der Waals surface area (Å²) in [5, 5.41) is 3.60. The monoisotopic (exact) mass is 287 g/mol. The SMILES string of the molecule is CCNC(C1CCC(C)C(C)C1)C1CCS(=O)(=O)C1. The molecular formula is C15H29NO2S. The van der Waals surface area contributed by atoms with Crippen molar-refractivity contribution >= 4 is 9.84 Å². The lowest BCUT2D eigenvalue weighted by molar-refractivity contribution is 0.147. The molecule has 5 unspecified atom stereocenters. The normalized spacial score (nSPS) is 40.2. The summed E-state index contributed by atoms with van der Waals surface area (Å²) >= 11 is 0. The van der Waals surface area contributed by atoms with E-state index in [-0.39, 0.29) is 0 Å². The minimum absolute atomic E-state index is 0.343. The van der Waals surface area contributed by atoms with Gasteiger partial charge in [-0.3, -0.25) is 0 Å². The van der Waals surface area contributed by atoms with Gasteiger partial charge in [-0.1, -0.05) is 27.2 Å². The molecule has 0 aromatic carbocycles. The van der Waals surface area contributed by atoms with Crippen LogP contribution in [-0.2, 0) is 9.84 Å². The van der Waals surface area contributed by atoms with E-state index in [0.717, 1.165) is 24.8 Å². The van der Waals surface area contributed by atoms with Crippen LogP contribution in [0.2, 0.25) is 0 Å². The summed E-state index contributed by atoms with van der Waals surface area (Å²) in [7, 11) is -2.76. The van der Waals surface area contributed by atoms with Crippen molar-refractivity contribution < 1.29 is 8.42 Å². The number of hydrogen-bond acceptors (Lipinski definition) is 3. The van der Waals surface area contributed by atoms with Gasteiger partial charge in [-0.25, -0.2) is 8.42 Å². The van der Waals surface area contributed by atoms with E-state index >= 15 is 0 Å². The second kappa shape index (κ2) is 6.13. The summed E-state index contributed by atoms with van der Waals surface area (Å²) < 4.78 is 23.4. The summed E-state index contributed by atoms with van der Waals surface area (Å²) in [6, 6.07) is 0.414. The summed E-state index contributed by atoms with van der Waals surface area (Å²) in [6.07, 6.45) is 4.68. The van der Waals surface area contributed by atoms with Gasteiger partial charge >= 0.3 is 0 Å². The van der Waals surface area contributed by atoms with Crippen LogP contribution in [0.5, 0.6) is 0 Å². The van der Waals surface area contributed by atoms with Crippen LogP contribution >= 0.6 is 0 Å². The molecule has 3 nitrogen and oxygen atoms in total. The molecular weight excluding hydrogens is 258 g/mol. The van der Waals surface area contributed by atoms with Gasteiger partial charge in [-0.15, -0.1) is 0 Å². The maximum absolute atomic E-state index is 11.7. The van der Waals surface area contributed by atoms with Crippen LogP contribution in [0.1, 0.15) is 46.5 Å². The van der Waals surface area contributed by atoms with E-state index in [4.69, 9.17) is 0 Å². The molecule has 4 heteroatoms. The van der Waals surface area contributed by atoms with Crippen molar-refractivity contribution in [3.05, 3.63) is 0 Å². The Kier molecular flexibility index (Phi) is 4.93. The van der Waals surface area contributed by atoms with E-state index in [1.165, 1.54) is 19.3 Å². The Morgan fingerprint density at radius 3 is 2.37 bits per heavy atom. The maximum atomic E-state index is 11.7. The third kappa shape index (κ3) is 3.72. The Balaban J connectivity index is 2.04. The lowest BCUT2D eigenvalue weighted by Crippen LogP contribution is -2.45. The first-order chi connectivity index (χ1) is 8.93. The molecule has 112 valence electrons. The topological polar surface area (TPSA) is 46.2 Å². The first-order valence-electron chi connectivity index (χ1n) is 7.86. The molecule has 0 bridgehead atoms. The van der Waals surface area contributed by atoms with Gasteiger partial charge in [0.25, 0.3) is 0 Å². The number of rotatable bonds is 4. The van der Waals surface area contributed by atoms with E-state index in [2.05, 4.69) is 26.1 Å². The van der Waals surface area contributed by atoms with Crippen LogP contribution < -0.4 is 5.32 Å². The van der Waals surface area contributed by atoms with Crippen molar-refractivity contribution in [3.63, 3.8) is 0 Å². The molecule has 1 aliphatic carbocycles. The van der Waals surface area contributed by atoms with Crippen molar-refractivity contribution in [1.82, 2.24) is 5.32 Å². The predicted octanol–water partition coefficient (Wildman–Crippen LogP) is 2.47. The molecule has 0 aromatic rings. The van der Waals surface area contributed by atoms with Crippen molar-refractivity contribution in [2.45, 2.75) is 52.5 Å². The minimum Gasteiger partial charge on any atom is -0.314 e. The molecule has 1 N–H and O–H groups in total. The van der Waals surface area contributed by atoms with Crippen LogP contribution in [0.25, 0.3) is 0 Å². The zero-order valence-corrected chi connectivity index (χ0v) is 13.4. The maximum Gasteiger partial charge on any atom is 0.150 e. The lowest BCUT2D eigenvalue weighted by Gasteiger charge is -2.39. The number of sulfone groups is 1. The van der Waals surface area contributed by atoms with Crippen LogP contribution in [0.3, 0.4) is 0 Å². The predicted molar refractivity (Wildman–Crippen MR) is 79.9 cm³/mol. The van der Waals surface area contributed by atoms with Crippen molar-refractivity contribution in [1.29, 1.82) is 0 Å². The molecule has 0 aromatic heterocycles. The third-order valence-electron chi connectivity index (χ3n) is 5.36. The summed E-state index contributed by atoms with van der Waals surface area (Å²) in [4.78, 5) is 0. The fourth-order valence-electron chi connectivity index (χ4n) is 3.98. The van der Waals surface area contributed by atoms with E-state index < -0.39 is 9.84 Å². The standard InChI is InChI=1S/C15H29NO2S/c1-4-16-15(14-7-8-19(17,18)10-14)13-6-5-11(2)12(3)9-13/h11-16H,4-10H2,1-3H3. The molecule has 0 spiro atoms. The Morgan fingerprint density at radius 2 is 1.84 bits per heavy atom. The Morgan fingerprint density at radius 1 is 1.11 bits per heavy atom. The molecule has 2 aliphatic rings. The Bertz CT molecular complexity index is 393. The van der Waals surface area contributed by atoms with Crippen LogP contribution in [-0.4, -0.2) is 32.5 Å². The van der Waals surface area contributed by atoms with Crippen molar-refractivity contribution in [2.75, 3.05) is 18.1 Å². The van der Waals surface area contributed by atoms with Crippen LogP contribution in [0.4, 0.5) is 0 Å². The molecule has 2 fully saturated rings. The van der Waals surface area contributed by atoms with E-state index in [1.54, 1.807) is 0 Å². The highest BCUT2D eigenvalue weighted by molar-refractivity contribution is 7.91. The van der Waals surface area contributed by atoms with Gasteiger partial charge in [-0.2, -0.15) is 0 Å². The summed E-state index contributed by atoms with van der Waals surface area (Å²) in [5.74, 6) is 3.42. The Hall–Kier alpha value is -0.0900. The summed E-state index contributed by atoms with van der Waals surface area (Å²) in [6.45, 7) is 7.78. The molecule has 2 rings (SSSR count). The zero-order chi connectivity index (χ0) is 14.0. The van der Waals surface area contributed by atoms with Crippen LogP contribution in [0.15, 0.2) is 0 Å². The first-order valence-corrected chi connectivity index (χ1v) is 9.69. The van der Waals surface area contributed by atoms with Gasteiger partial charge in [0.2, 0.25) is 0 Å². The highest BCUT2D eigenvalue weighted by Crippen LogP contribution is 2.38. The van der Waals surface area contributed by atoms with Crippen molar-refractivity contribution in [3.8, 4) is 0 Å². The zero-order valence-electron chi connectivity index (χ0n) is 12.6. The average molecular weight is 287 g/mol. The fraction of sp³-hybridized carbons (Fsp3) is 1.00. The fourth-order valence-corrected chi connectivity index (χ4v) is 5.83. The van der Waals surface area contributed by atoms with Gasteiger partial charge in [-0.05, 0) is 49.5 Å². The highest BCUT2D eigenvalue weighted by Gasteiger charge is 2.39. The molecule has 1 aliphatic heterocycles. The van der Waals surface area contributed by atoms with Gasteiger partial charge < -0.3 is 5.32 Å². The Labute approximate surface area is 118 Å². The molecule has 1 saturated heterocycles. The second-order valence-electron chi connectivity index (χ2n) is 6.77. The second-order valence-corrected chi connectivity index (χ2v) is 9.00. The van der Waals surface area contributed by atoms with Gasteiger partial charge in [0.15, 0.2) is 9.84 Å². The molecule has 1 saturated carbocycles. The largest absolute Gasteiger partial charge is 0.314 e. The quantitative estimate of drug-likeness (QED) is 0.864. The molecule has 5 atom stereocenters. The van der Waals surface area contributed by atoms with Crippen LogP contribution in [0, 0.1) is 23.7 Å². The average Bonchev–Trinajstić information content (AvgIpc) is 2.70. The molecule has 0 amide bonds. The van der Waals surface area contributed by atoms with Gasteiger partial charge in [0.1, 0.15) is 0 Å². The van der Waals surface area contributed by atoms with Gasteiger partial charge in [0, 0.05) is 6.04 Å². The molecule has 19 heavy (non-hydrogen) atoms. The van der Waals surface area contributed by atoms with E-state index in [0.29, 0.717) is 29.4 Å². The smallest absolute Gasteiger partial charge is 0.150 e. The minimum atomic E-state index is -2.76. The third-order valence-corrected chi connectivity index (χ3v) is 7.16. The molecule has 0 radical (unpaired) electrons. The van der Waals surface area contributed by atoms with E-state index in [9.17, 15) is 8.42 Å². The lowest BCUT2D eigenvalue weighted by atomic mass is 9.70. The van der Waals surface area contributed by atoms with Gasteiger partial charge in [0.05, 0.1) is 11.5 Å².